The fourth-order valence-electron chi connectivity index (χ4n) is 3.21. The first-order valence-corrected chi connectivity index (χ1v) is 11.3. The molecule has 0 aliphatic rings. The molecule has 2 aromatic carbocycles. The van der Waals surface area contributed by atoms with Gasteiger partial charge in [-0.05, 0) is 37.1 Å². The molecule has 168 valence electrons. The predicted molar refractivity (Wildman–Crippen MR) is 125 cm³/mol. The summed E-state index contributed by atoms with van der Waals surface area (Å²) in [4.78, 5) is 37.1. The molecule has 1 heterocycles. The number of anilines is 1. The second-order valence-electron chi connectivity index (χ2n) is 7.17. The Balaban J connectivity index is 1.48. The summed E-state index contributed by atoms with van der Waals surface area (Å²) in [6, 6.07) is 15.6. The molecule has 0 radical (unpaired) electrons. The molecule has 0 aliphatic heterocycles. The molecule has 3 aromatic rings. The van der Waals surface area contributed by atoms with Gasteiger partial charge in [-0.25, -0.2) is 9.07 Å². The van der Waals surface area contributed by atoms with Crippen molar-refractivity contribution in [3.05, 3.63) is 82.0 Å². The van der Waals surface area contributed by atoms with Crippen LogP contribution in [-0.4, -0.2) is 39.2 Å². The van der Waals surface area contributed by atoms with Gasteiger partial charge in [0.15, 0.2) is 0 Å². The standard InChI is InChI=1S/C23H25FN4O3S/c1-16-22(23(31)28(27(16)2)18-9-4-3-5-10-18)26-21(30)15-32-14-20(29)25-13-12-17-8-6-7-11-19(17)24/h3-11H,12-15H2,1-2H3,(H,25,29)(H,26,30). The zero-order valence-electron chi connectivity index (χ0n) is 17.9. The van der Waals surface area contributed by atoms with Crippen molar-refractivity contribution in [2.75, 3.05) is 23.4 Å². The van der Waals surface area contributed by atoms with Gasteiger partial charge in [-0.2, -0.15) is 0 Å². The maximum Gasteiger partial charge on any atom is 0.295 e. The lowest BCUT2D eigenvalue weighted by molar-refractivity contribution is -0.118. The molecule has 0 saturated heterocycles. The molecule has 32 heavy (non-hydrogen) atoms. The maximum absolute atomic E-state index is 13.6. The molecule has 0 unspecified atom stereocenters. The number of para-hydroxylation sites is 1. The Hall–Kier alpha value is -3.33. The van der Waals surface area contributed by atoms with Crippen molar-refractivity contribution in [1.82, 2.24) is 14.7 Å². The molecule has 0 saturated carbocycles. The van der Waals surface area contributed by atoms with Crippen LogP contribution in [0, 0.1) is 12.7 Å². The smallest absolute Gasteiger partial charge is 0.295 e. The van der Waals surface area contributed by atoms with E-state index in [9.17, 15) is 18.8 Å². The predicted octanol–water partition coefficient (Wildman–Crippen LogP) is 2.65. The summed E-state index contributed by atoms with van der Waals surface area (Å²) in [5.74, 6) is -0.774. The van der Waals surface area contributed by atoms with Crippen LogP contribution in [0.4, 0.5) is 10.1 Å². The van der Waals surface area contributed by atoms with Gasteiger partial charge in [0.2, 0.25) is 11.8 Å². The molecule has 2 amide bonds. The Labute approximate surface area is 189 Å². The van der Waals surface area contributed by atoms with Crippen molar-refractivity contribution in [1.29, 1.82) is 0 Å². The molecule has 3 rings (SSSR count). The normalized spacial score (nSPS) is 10.7. The lowest BCUT2D eigenvalue weighted by Gasteiger charge is -2.07. The minimum absolute atomic E-state index is 0.0276. The largest absolute Gasteiger partial charge is 0.355 e. The molecule has 9 heteroatoms. The fourth-order valence-corrected chi connectivity index (χ4v) is 3.86. The summed E-state index contributed by atoms with van der Waals surface area (Å²) in [7, 11) is 1.75. The summed E-state index contributed by atoms with van der Waals surface area (Å²) in [5.41, 5.74) is 1.77. The Bertz CT molecular complexity index is 1160. The van der Waals surface area contributed by atoms with Crippen molar-refractivity contribution >= 4 is 29.3 Å². The molecular formula is C23H25FN4O3S. The first-order valence-electron chi connectivity index (χ1n) is 10.1. The van der Waals surface area contributed by atoms with Crippen molar-refractivity contribution in [3.63, 3.8) is 0 Å². The Kier molecular flexibility index (Phi) is 7.88. The number of amides is 2. The van der Waals surface area contributed by atoms with Gasteiger partial charge < -0.3 is 10.6 Å². The van der Waals surface area contributed by atoms with Crippen LogP contribution in [0.1, 0.15) is 11.3 Å². The van der Waals surface area contributed by atoms with Gasteiger partial charge >= 0.3 is 0 Å². The minimum Gasteiger partial charge on any atom is -0.355 e. The first kappa shape index (κ1) is 23.3. The second-order valence-corrected chi connectivity index (χ2v) is 8.15. The molecule has 0 fully saturated rings. The molecule has 0 spiro atoms. The number of hydrogen-bond donors (Lipinski definition) is 2. The third-order valence-corrected chi connectivity index (χ3v) is 5.89. The molecular weight excluding hydrogens is 431 g/mol. The topological polar surface area (TPSA) is 85.1 Å². The highest BCUT2D eigenvalue weighted by atomic mass is 32.2. The van der Waals surface area contributed by atoms with E-state index in [2.05, 4.69) is 10.6 Å². The third-order valence-electron chi connectivity index (χ3n) is 4.96. The zero-order valence-corrected chi connectivity index (χ0v) is 18.7. The van der Waals surface area contributed by atoms with E-state index in [-0.39, 0.29) is 40.4 Å². The van der Waals surface area contributed by atoms with Crippen LogP contribution >= 0.6 is 11.8 Å². The van der Waals surface area contributed by atoms with E-state index < -0.39 is 0 Å². The van der Waals surface area contributed by atoms with E-state index in [0.29, 0.717) is 29.9 Å². The molecule has 0 atom stereocenters. The Morgan fingerprint density at radius 1 is 1.00 bits per heavy atom. The summed E-state index contributed by atoms with van der Waals surface area (Å²) in [5, 5.41) is 5.38. The van der Waals surface area contributed by atoms with Gasteiger partial charge in [-0.15, -0.1) is 11.8 Å². The van der Waals surface area contributed by atoms with Gasteiger partial charge in [0.1, 0.15) is 11.5 Å². The Morgan fingerprint density at radius 3 is 2.38 bits per heavy atom. The van der Waals surface area contributed by atoms with Crippen LogP contribution in [0.5, 0.6) is 0 Å². The summed E-state index contributed by atoms with van der Waals surface area (Å²) >= 11 is 1.14. The molecule has 7 nitrogen and oxygen atoms in total. The first-order chi connectivity index (χ1) is 15.4. The van der Waals surface area contributed by atoms with Crippen LogP contribution in [-0.2, 0) is 23.1 Å². The quantitative estimate of drug-likeness (QED) is 0.519. The lowest BCUT2D eigenvalue weighted by Crippen LogP contribution is -2.28. The van der Waals surface area contributed by atoms with Crippen molar-refractivity contribution in [2.45, 2.75) is 13.3 Å². The molecule has 0 aliphatic carbocycles. The van der Waals surface area contributed by atoms with Gasteiger partial charge in [0, 0.05) is 13.6 Å². The summed E-state index contributed by atoms with van der Waals surface area (Å²) in [6.07, 6.45) is 0.393. The SMILES string of the molecule is Cc1c(NC(=O)CSCC(=O)NCCc2ccccc2F)c(=O)n(-c2ccccc2)n1C. The van der Waals surface area contributed by atoms with E-state index in [1.165, 1.54) is 10.7 Å². The lowest BCUT2D eigenvalue weighted by atomic mass is 10.1. The van der Waals surface area contributed by atoms with Crippen LogP contribution in [0.15, 0.2) is 59.4 Å². The minimum atomic E-state index is -0.361. The van der Waals surface area contributed by atoms with Crippen LogP contribution < -0.4 is 16.2 Å². The summed E-state index contributed by atoms with van der Waals surface area (Å²) < 4.78 is 16.7. The Morgan fingerprint density at radius 2 is 1.66 bits per heavy atom. The number of halogens is 1. The van der Waals surface area contributed by atoms with Gasteiger partial charge in [0.25, 0.3) is 5.56 Å². The highest BCUT2D eigenvalue weighted by molar-refractivity contribution is 8.00. The van der Waals surface area contributed by atoms with E-state index in [1.54, 1.807) is 36.9 Å². The number of rotatable bonds is 9. The van der Waals surface area contributed by atoms with Gasteiger partial charge in [-0.3, -0.25) is 19.1 Å². The van der Waals surface area contributed by atoms with Crippen molar-refractivity contribution in [3.8, 4) is 5.69 Å². The van der Waals surface area contributed by atoms with Gasteiger partial charge in [-0.1, -0.05) is 36.4 Å². The number of carbonyl (C=O) groups excluding carboxylic acids is 2. The number of thioether (sulfide) groups is 1. The van der Waals surface area contributed by atoms with Gasteiger partial charge in [0.05, 0.1) is 22.9 Å². The maximum atomic E-state index is 13.6. The number of nitrogens with one attached hydrogen (secondary N) is 2. The molecule has 0 bridgehead atoms. The number of carbonyl (C=O) groups is 2. The number of hydrogen-bond acceptors (Lipinski definition) is 4. The van der Waals surface area contributed by atoms with E-state index in [0.717, 1.165) is 11.8 Å². The van der Waals surface area contributed by atoms with E-state index >= 15 is 0 Å². The second kappa shape index (κ2) is 10.8. The number of nitrogens with zero attached hydrogens (tertiary/aromatic N) is 2. The van der Waals surface area contributed by atoms with Crippen molar-refractivity contribution < 1.29 is 14.0 Å². The highest BCUT2D eigenvalue weighted by Gasteiger charge is 2.18. The van der Waals surface area contributed by atoms with Crippen molar-refractivity contribution in [2.24, 2.45) is 7.05 Å². The monoisotopic (exact) mass is 456 g/mol. The van der Waals surface area contributed by atoms with E-state index in [4.69, 9.17) is 0 Å². The molecule has 1 aromatic heterocycles. The van der Waals surface area contributed by atoms with Crippen LogP contribution in [0.2, 0.25) is 0 Å². The average molecular weight is 457 g/mol. The number of aromatic nitrogens is 2. The third kappa shape index (κ3) is 5.67. The fraction of sp³-hybridized carbons (Fsp3) is 0.261. The average Bonchev–Trinajstić information content (AvgIpc) is 2.99. The van der Waals surface area contributed by atoms with E-state index in [1.807, 2.05) is 30.3 Å². The highest BCUT2D eigenvalue weighted by Crippen LogP contribution is 2.14. The molecule has 2 N–H and O–H groups in total. The van der Waals surface area contributed by atoms with Crippen LogP contribution in [0.3, 0.4) is 0 Å². The summed E-state index contributed by atoms with van der Waals surface area (Å²) in [6.45, 7) is 2.07. The number of benzene rings is 2. The zero-order chi connectivity index (χ0) is 23.1. The van der Waals surface area contributed by atoms with Crippen LogP contribution in [0.25, 0.3) is 5.69 Å².